The van der Waals surface area contributed by atoms with Crippen molar-refractivity contribution in [2.45, 2.75) is 30.9 Å². The number of aryl methyl sites for hydroxylation is 1. The van der Waals surface area contributed by atoms with Gasteiger partial charge in [0.25, 0.3) is 0 Å². The Balaban J connectivity index is 1.70. The lowest BCUT2D eigenvalue weighted by Gasteiger charge is -2.15. The van der Waals surface area contributed by atoms with Crippen LogP contribution in [0, 0.1) is 6.92 Å². The third-order valence-electron chi connectivity index (χ3n) is 3.88. The largest absolute Gasteiger partial charge is 0.481 e. The number of benzene rings is 2. The number of ether oxygens (including phenoxy) is 1. The number of rotatable bonds is 6. The van der Waals surface area contributed by atoms with E-state index in [0.29, 0.717) is 15.8 Å². The maximum absolute atomic E-state index is 6.17. The zero-order valence-corrected chi connectivity index (χ0v) is 17.1. The van der Waals surface area contributed by atoms with Gasteiger partial charge in [-0.2, -0.15) is 0 Å². The first-order valence-corrected chi connectivity index (χ1v) is 9.87. The molecule has 1 unspecified atom stereocenters. The van der Waals surface area contributed by atoms with E-state index in [1.807, 2.05) is 18.5 Å². The second-order valence-electron chi connectivity index (χ2n) is 6.01. The summed E-state index contributed by atoms with van der Waals surface area (Å²) in [6, 6.07) is 13.6. The van der Waals surface area contributed by atoms with Gasteiger partial charge in [0.1, 0.15) is 5.75 Å². The van der Waals surface area contributed by atoms with Gasteiger partial charge in [-0.25, -0.2) is 0 Å². The quantitative estimate of drug-likeness (QED) is 0.479. The molecular weight excluding hydrogens is 389 g/mol. The Bertz CT molecular complexity index is 914. The molecule has 0 amide bonds. The molecule has 3 rings (SSSR count). The summed E-state index contributed by atoms with van der Waals surface area (Å²) in [6.07, 6.45) is -0.309. The summed E-state index contributed by atoms with van der Waals surface area (Å²) >= 11 is 13.8. The summed E-state index contributed by atoms with van der Waals surface area (Å²) in [5.41, 5.74) is 2.51. The fourth-order valence-corrected chi connectivity index (χ4v) is 3.75. The van der Waals surface area contributed by atoms with Crippen molar-refractivity contribution >= 4 is 35.0 Å². The first-order chi connectivity index (χ1) is 12.4. The molecule has 0 spiro atoms. The van der Waals surface area contributed by atoms with Gasteiger partial charge < -0.3 is 9.30 Å². The van der Waals surface area contributed by atoms with Crippen LogP contribution in [0.5, 0.6) is 5.75 Å². The SMILES string of the molecule is Cc1cccc(CSc2nnc(C(C)Oc3cc(Cl)ccc3Cl)n2C)c1. The molecule has 0 aliphatic rings. The van der Waals surface area contributed by atoms with Crippen molar-refractivity contribution in [3.63, 3.8) is 0 Å². The van der Waals surface area contributed by atoms with E-state index < -0.39 is 0 Å². The third kappa shape index (κ3) is 4.53. The molecule has 0 bridgehead atoms. The molecule has 0 aliphatic carbocycles. The molecule has 0 N–H and O–H groups in total. The lowest BCUT2D eigenvalue weighted by molar-refractivity contribution is 0.211. The Morgan fingerprint density at radius 2 is 1.96 bits per heavy atom. The van der Waals surface area contributed by atoms with Crippen LogP contribution in [-0.2, 0) is 12.8 Å². The van der Waals surface area contributed by atoms with Crippen molar-refractivity contribution in [1.82, 2.24) is 14.8 Å². The Labute approximate surface area is 167 Å². The zero-order chi connectivity index (χ0) is 18.7. The smallest absolute Gasteiger partial charge is 0.191 e. The van der Waals surface area contributed by atoms with Crippen LogP contribution < -0.4 is 4.74 Å². The maximum Gasteiger partial charge on any atom is 0.191 e. The van der Waals surface area contributed by atoms with Crippen LogP contribution in [0.25, 0.3) is 0 Å². The molecule has 7 heteroatoms. The molecule has 0 fully saturated rings. The van der Waals surface area contributed by atoms with E-state index in [-0.39, 0.29) is 6.10 Å². The Morgan fingerprint density at radius 1 is 1.15 bits per heavy atom. The summed E-state index contributed by atoms with van der Waals surface area (Å²) in [4.78, 5) is 0. The first-order valence-electron chi connectivity index (χ1n) is 8.13. The second kappa shape index (κ2) is 8.33. The van der Waals surface area contributed by atoms with Crippen LogP contribution in [0.3, 0.4) is 0 Å². The summed E-state index contributed by atoms with van der Waals surface area (Å²) in [7, 11) is 1.94. The van der Waals surface area contributed by atoms with Crippen LogP contribution in [-0.4, -0.2) is 14.8 Å². The van der Waals surface area contributed by atoms with Gasteiger partial charge in [0.05, 0.1) is 5.02 Å². The van der Waals surface area contributed by atoms with E-state index in [1.54, 1.807) is 30.0 Å². The van der Waals surface area contributed by atoms with E-state index in [9.17, 15) is 0 Å². The highest BCUT2D eigenvalue weighted by Gasteiger charge is 2.18. The molecule has 0 aliphatic heterocycles. The molecule has 0 saturated carbocycles. The highest BCUT2D eigenvalue weighted by molar-refractivity contribution is 7.98. The fourth-order valence-electron chi connectivity index (χ4n) is 2.57. The molecule has 1 heterocycles. The predicted molar refractivity (Wildman–Crippen MR) is 107 cm³/mol. The van der Waals surface area contributed by atoms with Gasteiger partial charge in [-0.1, -0.05) is 64.8 Å². The lowest BCUT2D eigenvalue weighted by Crippen LogP contribution is -2.10. The van der Waals surface area contributed by atoms with Crippen molar-refractivity contribution in [2.24, 2.45) is 7.05 Å². The minimum Gasteiger partial charge on any atom is -0.481 e. The van der Waals surface area contributed by atoms with Crippen molar-refractivity contribution in [1.29, 1.82) is 0 Å². The second-order valence-corrected chi connectivity index (χ2v) is 7.80. The molecular formula is C19H19Cl2N3OS. The van der Waals surface area contributed by atoms with E-state index in [4.69, 9.17) is 27.9 Å². The Morgan fingerprint density at radius 3 is 2.73 bits per heavy atom. The molecule has 26 heavy (non-hydrogen) atoms. The van der Waals surface area contributed by atoms with Gasteiger partial charge in [-0.3, -0.25) is 0 Å². The summed E-state index contributed by atoms with van der Waals surface area (Å²) in [5.74, 6) is 2.10. The van der Waals surface area contributed by atoms with Gasteiger partial charge in [0.2, 0.25) is 0 Å². The van der Waals surface area contributed by atoms with Crippen molar-refractivity contribution in [2.75, 3.05) is 0 Å². The van der Waals surface area contributed by atoms with Crippen LogP contribution in [0.1, 0.15) is 30.0 Å². The van der Waals surface area contributed by atoms with Gasteiger partial charge >= 0.3 is 0 Å². The van der Waals surface area contributed by atoms with Crippen LogP contribution in [0.2, 0.25) is 10.0 Å². The van der Waals surface area contributed by atoms with Crippen molar-refractivity contribution < 1.29 is 4.74 Å². The number of aromatic nitrogens is 3. The number of thioether (sulfide) groups is 1. The van der Waals surface area contributed by atoms with Gasteiger partial charge in [-0.05, 0) is 31.5 Å². The van der Waals surface area contributed by atoms with E-state index in [0.717, 1.165) is 16.7 Å². The van der Waals surface area contributed by atoms with E-state index in [1.165, 1.54) is 11.1 Å². The molecule has 0 saturated heterocycles. The lowest BCUT2D eigenvalue weighted by atomic mass is 10.2. The number of nitrogens with zero attached hydrogens (tertiary/aromatic N) is 3. The molecule has 2 aromatic carbocycles. The molecule has 3 aromatic rings. The van der Waals surface area contributed by atoms with Crippen LogP contribution >= 0.6 is 35.0 Å². The number of halogens is 2. The van der Waals surface area contributed by atoms with E-state index in [2.05, 4.69) is 41.4 Å². The number of hydrogen-bond acceptors (Lipinski definition) is 4. The third-order valence-corrected chi connectivity index (χ3v) is 5.52. The number of hydrogen-bond donors (Lipinski definition) is 0. The van der Waals surface area contributed by atoms with Crippen molar-refractivity contribution in [3.8, 4) is 5.75 Å². The predicted octanol–water partition coefficient (Wildman–Crippen LogP) is 5.86. The van der Waals surface area contributed by atoms with Gasteiger partial charge in [0.15, 0.2) is 17.1 Å². The molecule has 1 aromatic heterocycles. The minimum absolute atomic E-state index is 0.309. The van der Waals surface area contributed by atoms with Gasteiger partial charge in [-0.15, -0.1) is 10.2 Å². The molecule has 0 radical (unpaired) electrons. The maximum atomic E-state index is 6.17. The van der Waals surface area contributed by atoms with Crippen LogP contribution in [0.4, 0.5) is 0 Å². The summed E-state index contributed by atoms with van der Waals surface area (Å²) < 4.78 is 7.88. The minimum atomic E-state index is -0.309. The molecule has 1 atom stereocenters. The Hall–Kier alpha value is -1.69. The van der Waals surface area contributed by atoms with E-state index >= 15 is 0 Å². The fraction of sp³-hybridized carbons (Fsp3) is 0.263. The average molecular weight is 408 g/mol. The van der Waals surface area contributed by atoms with Crippen LogP contribution in [0.15, 0.2) is 47.6 Å². The zero-order valence-electron chi connectivity index (χ0n) is 14.7. The monoisotopic (exact) mass is 407 g/mol. The normalized spacial score (nSPS) is 12.2. The first kappa shape index (κ1) is 19.1. The Kier molecular flexibility index (Phi) is 6.12. The van der Waals surface area contributed by atoms with Gasteiger partial charge in [0, 0.05) is 23.9 Å². The average Bonchev–Trinajstić information content (AvgIpc) is 2.97. The topological polar surface area (TPSA) is 39.9 Å². The van der Waals surface area contributed by atoms with Crippen molar-refractivity contribution in [3.05, 3.63) is 69.5 Å². The molecule has 4 nitrogen and oxygen atoms in total. The summed E-state index contributed by atoms with van der Waals surface area (Å²) in [6.45, 7) is 4.00. The standard InChI is InChI=1S/C19H19Cl2N3OS/c1-12-5-4-6-14(9-12)11-26-19-23-22-18(24(19)3)13(2)25-17-10-15(20)7-8-16(17)21/h4-10,13H,11H2,1-3H3. The molecule has 136 valence electrons. The summed E-state index contributed by atoms with van der Waals surface area (Å²) in [5, 5.41) is 10.5. The highest BCUT2D eigenvalue weighted by Crippen LogP contribution is 2.32. The highest BCUT2D eigenvalue weighted by atomic mass is 35.5.